The van der Waals surface area contributed by atoms with Gasteiger partial charge in [-0.1, -0.05) is 12.1 Å². The first-order chi connectivity index (χ1) is 13.1. The van der Waals surface area contributed by atoms with Gasteiger partial charge < -0.3 is 14.7 Å². The minimum atomic E-state index is 0.190. The molecule has 1 aromatic carbocycles. The molecule has 2 saturated heterocycles. The molecule has 2 aliphatic heterocycles. The first-order valence-corrected chi connectivity index (χ1v) is 10.1. The van der Waals surface area contributed by atoms with Gasteiger partial charge >= 0.3 is 0 Å². The number of carbonyl (C=O) groups excluding carboxylic acids is 1. The molecule has 1 atom stereocenters. The molecule has 1 N–H and O–H groups in total. The minimum absolute atomic E-state index is 0.190. The monoisotopic (exact) mass is 375 g/mol. The Kier molecular flexibility index (Phi) is 7.10. The van der Waals surface area contributed by atoms with Crippen molar-refractivity contribution in [2.24, 2.45) is 0 Å². The van der Waals surface area contributed by atoms with Crippen molar-refractivity contribution in [3.8, 4) is 5.75 Å². The van der Waals surface area contributed by atoms with Crippen LogP contribution in [-0.4, -0.2) is 84.2 Å². The van der Waals surface area contributed by atoms with Gasteiger partial charge in [0.05, 0.1) is 7.11 Å². The van der Waals surface area contributed by atoms with Crippen LogP contribution in [0, 0.1) is 0 Å². The molecule has 6 heteroatoms. The van der Waals surface area contributed by atoms with E-state index in [1.807, 2.05) is 17.0 Å². The molecule has 1 aromatic rings. The predicted octanol–water partition coefficient (Wildman–Crippen LogP) is 1.57. The van der Waals surface area contributed by atoms with E-state index in [0.717, 1.165) is 64.3 Å². The average molecular weight is 376 g/mol. The molecular formula is C21H33N3O3. The average Bonchev–Trinajstić information content (AvgIpc) is 2.69. The van der Waals surface area contributed by atoms with Crippen LogP contribution < -0.4 is 4.74 Å². The maximum atomic E-state index is 11.6. The number of ether oxygens (including phenoxy) is 1. The summed E-state index contributed by atoms with van der Waals surface area (Å²) in [5, 5.41) is 9.57. The molecule has 27 heavy (non-hydrogen) atoms. The van der Waals surface area contributed by atoms with Crippen molar-refractivity contribution in [2.45, 2.75) is 44.8 Å². The maximum Gasteiger partial charge on any atom is 0.219 e. The zero-order valence-electron chi connectivity index (χ0n) is 16.6. The van der Waals surface area contributed by atoms with Gasteiger partial charge in [-0.3, -0.25) is 14.6 Å². The fourth-order valence-electron chi connectivity index (χ4n) is 4.43. The number of benzene rings is 1. The molecular weight excluding hydrogens is 342 g/mol. The highest BCUT2D eigenvalue weighted by molar-refractivity contribution is 5.73. The van der Waals surface area contributed by atoms with E-state index in [1.54, 1.807) is 14.0 Å². The second kappa shape index (κ2) is 9.53. The first kappa shape index (κ1) is 20.1. The lowest BCUT2D eigenvalue weighted by atomic mass is 9.99. The number of methoxy groups -OCH3 is 1. The second-order valence-corrected chi connectivity index (χ2v) is 7.72. The van der Waals surface area contributed by atoms with Crippen LogP contribution in [0.1, 0.15) is 31.7 Å². The summed E-state index contributed by atoms with van der Waals surface area (Å²) in [4.78, 5) is 18.6. The molecule has 2 heterocycles. The van der Waals surface area contributed by atoms with E-state index in [2.05, 4.69) is 21.9 Å². The summed E-state index contributed by atoms with van der Waals surface area (Å²) in [5.41, 5.74) is 1.25. The summed E-state index contributed by atoms with van der Waals surface area (Å²) in [6, 6.07) is 9.16. The van der Waals surface area contributed by atoms with Crippen LogP contribution in [0.4, 0.5) is 0 Å². The van der Waals surface area contributed by atoms with Gasteiger partial charge in [-0.2, -0.15) is 0 Å². The fourth-order valence-corrected chi connectivity index (χ4v) is 4.43. The highest BCUT2D eigenvalue weighted by Crippen LogP contribution is 2.24. The van der Waals surface area contributed by atoms with E-state index < -0.39 is 0 Å². The van der Waals surface area contributed by atoms with Crippen molar-refractivity contribution in [3.05, 3.63) is 29.8 Å². The molecule has 3 rings (SSSR count). The quantitative estimate of drug-likeness (QED) is 0.818. The molecule has 0 unspecified atom stereocenters. The van der Waals surface area contributed by atoms with Crippen molar-refractivity contribution in [3.63, 3.8) is 0 Å². The molecule has 2 aliphatic rings. The Morgan fingerprint density at radius 2 is 2.00 bits per heavy atom. The third-order valence-corrected chi connectivity index (χ3v) is 6.04. The normalized spacial score (nSPS) is 22.8. The van der Waals surface area contributed by atoms with Crippen LogP contribution in [-0.2, 0) is 11.3 Å². The van der Waals surface area contributed by atoms with Gasteiger partial charge in [0.2, 0.25) is 5.91 Å². The molecule has 0 aliphatic carbocycles. The van der Waals surface area contributed by atoms with E-state index in [-0.39, 0.29) is 12.5 Å². The number of piperazine rings is 1. The number of nitrogens with zero attached hydrogens (tertiary/aromatic N) is 3. The number of piperidine rings is 1. The molecule has 0 aromatic heterocycles. The van der Waals surface area contributed by atoms with Crippen LogP contribution in [0.15, 0.2) is 24.3 Å². The van der Waals surface area contributed by atoms with Gasteiger partial charge in [0.15, 0.2) is 0 Å². The lowest BCUT2D eigenvalue weighted by molar-refractivity contribution is -0.130. The smallest absolute Gasteiger partial charge is 0.219 e. The Hall–Kier alpha value is -1.63. The maximum absolute atomic E-state index is 11.6. The van der Waals surface area contributed by atoms with E-state index in [9.17, 15) is 9.90 Å². The number of likely N-dealkylation sites (tertiary alicyclic amines) is 1. The van der Waals surface area contributed by atoms with Crippen molar-refractivity contribution < 1.29 is 14.6 Å². The van der Waals surface area contributed by atoms with E-state index in [1.165, 1.54) is 5.56 Å². The summed E-state index contributed by atoms with van der Waals surface area (Å²) >= 11 is 0. The van der Waals surface area contributed by atoms with Crippen LogP contribution in [0.25, 0.3) is 0 Å². The van der Waals surface area contributed by atoms with Gasteiger partial charge in [-0.25, -0.2) is 0 Å². The van der Waals surface area contributed by atoms with Crippen molar-refractivity contribution in [1.29, 1.82) is 0 Å². The molecule has 0 radical (unpaired) electrons. The SMILES string of the molecule is COc1cccc(CN2CCN(C3CCN(C(C)=O)CC3)C[C@@H]2CCO)c1. The van der Waals surface area contributed by atoms with Gasteiger partial charge in [-0.15, -0.1) is 0 Å². The van der Waals surface area contributed by atoms with E-state index in [4.69, 9.17) is 4.74 Å². The Morgan fingerprint density at radius 3 is 2.67 bits per heavy atom. The number of aliphatic hydroxyl groups excluding tert-OH is 1. The van der Waals surface area contributed by atoms with Crippen molar-refractivity contribution >= 4 is 5.91 Å². The van der Waals surface area contributed by atoms with Crippen LogP contribution in [0.2, 0.25) is 0 Å². The van der Waals surface area contributed by atoms with Crippen LogP contribution >= 0.6 is 0 Å². The van der Waals surface area contributed by atoms with Crippen LogP contribution in [0.5, 0.6) is 5.75 Å². The number of carbonyl (C=O) groups is 1. The number of hydrogen-bond donors (Lipinski definition) is 1. The van der Waals surface area contributed by atoms with E-state index >= 15 is 0 Å². The summed E-state index contributed by atoms with van der Waals surface area (Å²) in [5.74, 6) is 1.08. The van der Waals surface area contributed by atoms with Gasteiger partial charge in [-0.05, 0) is 37.0 Å². The second-order valence-electron chi connectivity index (χ2n) is 7.72. The Morgan fingerprint density at radius 1 is 1.22 bits per heavy atom. The standard InChI is InChI=1S/C21H33N3O3/c1-17(26)22-9-6-19(7-10-22)24-12-11-23(20(16-24)8-13-25)15-18-4-3-5-21(14-18)27-2/h3-5,14,19-20,25H,6-13,15-16H2,1-2H3/t20-/m0/s1. The van der Waals surface area contributed by atoms with Gasteiger partial charge in [0, 0.05) is 64.9 Å². The topological polar surface area (TPSA) is 56.2 Å². The predicted molar refractivity (Wildman–Crippen MR) is 106 cm³/mol. The zero-order chi connectivity index (χ0) is 19.2. The summed E-state index contributed by atoms with van der Waals surface area (Å²) in [6.45, 7) is 7.56. The molecule has 6 nitrogen and oxygen atoms in total. The Balaban J connectivity index is 1.59. The Bertz CT molecular complexity index is 616. The third kappa shape index (κ3) is 5.21. The number of hydrogen-bond acceptors (Lipinski definition) is 5. The highest BCUT2D eigenvalue weighted by Gasteiger charge is 2.32. The third-order valence-electron chi connectivity index (χ3n) is 6.04. The number of rotatable bonds is 6. The minimum Gasteiger partial charge on any atom is -0.497 e. The molecule has 0 spiro atoms. The molecule has 0 bridgehead atoms. The molecule has 150 valence electrons. The van der Waals surface area contributed by atoms with Crippen molar-refractivity contribution in [2.75, 3.05) is 46.4 Å². The van der Waals surface area contributed by atoms with Gasteiger partial charge in [0.25, 0.3) is 0 Å². The van der Waals surface area contributed by atoms with Crippen LogP contribution in [0.3, 0.4) is 0 Å². The summed E-state index contributed by atoms with van der Waals surface area (Å²) in [7, 11) is 1.70. The largest absolute Gasteiger partial charge is 0.497 e. The van der Waals surface area contributed by atoms with Gasteiger partial charge in [0.1, 0.15) is 5.75 Å². The summed E-state index contributed by atoms with van der Waals surface area (Å²) < 4.78 is 5.35. The first-order valence-electron chi connectivity index (χ1n) is 10.1. The highest BCUT2D eigenvalue weighted by atomic mass is 16.5. The summed E-state index contributed by atoms with van der Waals surface area (Å²) in [6.07, 6.45) is 2.91. The lowest BCUT2D eigenvalue weighted by Crippen LogP contribution is -2.57. The molecule has 0 saturated carbocycles. The fraction of sp³-hybridized carbons (Fsp3) is 0.667. The number of amides is 1. The lowest BCUT2D eigenvalue weighted by Gasteiger charge is -2.46. The molecule has 1 amide bonds. The van der Waals surface area contributed by atoms with E-state index in [0.29, 0.717) is 12.1 Å². The van der Waals surface area contributed by atoms with Crippen molar-refractivity contribution in [1.82, 2.24) is 14.7 Å². The number of aliphatic hydroxyl groups is 1. The Labute approximate surface area is 162 Å². The zero-order valence-corrected chi connectivity index (χ0v) is 16.6. The molecule has 2 fully saturated rings.